The highest BCUT2D eigenvalue weighted by atomic mass is 35.5. The predicted molar refractivity (Wildman–Crippen MR) is 110 cm³/mol. The van der Waals surface area contributed by atoms with Gasteiger partial charge in [0.15, 0.2) is 0 Å². The summed E-state index contributed by atoms with van der Waals surface area (Å²) in [6.07, 6.45) is 3.09. The Labute approximate surface area is 176 Å². The van der Waals surface area contributed by atoms with Crippen LogP contribution in [0.25, 0.3) is 0 Å². The number of ether oxygens (including phenoxy) is 1. The second-order valence-electron chi connectivity index (χ2n) is 7.68. The highest BCUT2D eigenvalue weighted by molar-refractivity contribution is 6.30. The van der Waals surface area contributed by atoms with Gasteiger partial charge in [-0.05, 0) is 55.9 Å². The molecule has 1 atom stereocenters. The molecule has 0 spiro atoms. The first-order valence-corrected chi connectivity index (χ1v) is 10.5. The number of halogens is 1. The Morgan fingerprint density at radius 3 is 2.38 bits per heavy atom. The van der Waals surface area contributed by atoms with Crippen LogP contribution in [0.5, 0.6) is 0 Å². The number of amides is 3. The van der Waals surface area contributed by atoms with Crippen LogP contribution in [-0.2, 0) is 14.3 Å². The number of methoxy groups -OCH3 is 1. The fraction of sp³-hybridized carbons (Fsp3) is 0.571. The summed E-state index contributed by atoms with van der Waals surface area (Å²) in [6.45, 7) is 1.92. The first-order chi connectivity index (χ1) is 14.0. The minimum absolute atomic E-state index is 0.00508. The molecule has 1 saturated carbocycles. The van der Waals surface area contributed by atoms with E-state index in [0.29, 0.717) is 49.7 Å². The fourth-order valence-corrected chi connectivity index (χ4v) is 3.74. The van der Waals surface area contributed by atoms with Gasteiger partial charge in [-0.15, -0.1) is 0 Å². The Morgan fingerprint density at radius 1 is 1.14 bits per heavy atom. The van der Waals surface area contributed by atoms with Crippen molar-refractivity contribution in [1.82, 2.24) is 15.5 Å². The van der Waals surface area contributed by atoms with E-state index in [1.807, 2.05) is 0 Å². The smallest absolute Gasteiger partial charge is 0.253 e. The molecular weight excluding hydrogens is 394 g/mol. The topological polar surface area (TPSA) is 87.7 Å². The number of nitrogens with one attached hydrogen (secondary N) is 2. The molecular formula is C21H28ClN3O4. The van der Waals surface area contributed by atoms with Crippen LogP contribution in [0.3, 0.4) is 0 Å². The molecule has 1 saturated heterocycles. The molecule has 0 radical (unpaired) electrons. The molecule has 1 aliphatic carbocycles. The van der Waals surface area contributed by atoms with E-state index in [1.165, 1.54) is 0 Å². The van der Waals surface area contributed by atoms with Gasteiger partial charge in [-0.25, -0.2) is 0 Å². The van der Waals surface area contributed by atoms with Crippen LogP contribution in [0, 0.1) is 11.8 Å². The Hall–Kier alpha value is -2.12. The van der Waals surface area contributed by atoms with Gasteiger partial charge in [-0.1, -0.05) is 11.6 Å². The lowest BCUT2D eigenvalue weighted by Crippen LogP contribution is -2.54. The molecule has 0 bridgehead atoms. The van der Waals surface area contributed by atoms with Crippen molar-refractivity contribution in [3.05, 3.63) is 34.9 Å². The van der Waals surface area contributed by atoms with Crippen LogP contribution in [0.4, 0.5) is 0 Å². The molecule has 29 heavy (non-hydrogen) atoms. The molecule has 0 unspecified atom stereocenters. The van der Waals surface area contributed by atoms with Gasteiger partial charge in [-0.2, -0.15) is 0 Å². The first kappa shape index (κ1) is 21.6. The van der Waals surface area contributed by atoms with E-state index in [4.69, 9.17) is 16.3 Å². The lowest BCUT2D eigenvalue weighted by Gasteiger charge is -2.36. The molecule has 1 aromatic rings. The molecule has 2 aliphatic rings. The highest BCUT2D eigenvalue weighted by Crippen LogP contribution is 2.30. The van der Waals surface area contributed by atoms with Gasteiger partial charge < -0.3 is 20.3 Å². The zero-order chi connectivity index (χ0) is 20.8. The number of hydrogen-bond acceptors (Lipinski definition) is 4. The van der Waals surface area contributed by atoms with E-state index in [0.717, 1.165) is 12.8 Å². The maximum Gasteiger partial charge on any atom is 0.253 e. The molecule has 3 amide bonds. The van der Waals surface area contributed by atoms with Gasteiger partial charge in [0.25, 0.3) is 5.91 Å². The number of carbonyl (C=O) groups excluding carboxylic acids is 3. The second kappa shape index (κ2) is 10.1. The summed E-state index contributed by atoms with van der Waals surface area (Å²) in [5, 5.41) is 6.38. The molecule has 2 fully saturated rings. The minimum atomic E-state index is -0.576. The molecule has 0 aromatic heterocycles. The number of benzene rings is 1. The van der Waals surface area contributed by atoms with Gasteiger partial charge in [0, 0.05) is 43.2 Å². The van der Waals surface area contributed by atoms with E-state index < -0.39 is 6.04 Å². The summed E-state index contributed by atoms with van der Waals surface area (Å²) in [5.74, 6) is -0.233. The van der Waals surface area contributed by atoms with Crippen molar-refractivity contribution in [1.29, 1.82) is 0 Å². The van der Waals surface area contributed by atoms with E-state index in [2.05, 4.69) is 10.6 Å². The molecule has 2 N–H and O–H groups in total. The van der Waals surface area contributed by atoms with E-state index >= 15 is 0 Å². The summed E-state index contributed by atoms with van der Waals surface area (Å²) >= 11 is 5.89. The number of piperidine rings is 1. The monoisotopic (exact) mass is 421 g/mol. The Morgan fingerprint density at radius 2 is 1.79 bits per heavy atom. The number of nitrogens with zero attached hydrogens (tertiary/aromatic N) is 1. The third kappa shape index (κ3) is 5.93. The maximum absolute atomic E-state index is 12.7. The predicted octanol–water partition coefficient (Wildman–Crippen LogP) is 1.85. The number of carbonyl (C=O) groups is 3. The second-order valence-corrected chi connectivity index (χ2v) is 8.12. The third-order valence-corrected chi connectivity index (χ3v) is 5.78. The fourth-order valence-electron chi connectivity index (χ4n) is 3.61. The van der Waals surface area contributed by atoms with Crippen LogP contribution >= 0.6 is 11.6 Å². The summed E-state index contributed by atoms with van der Waals surface area (Å²) in [7, 11) is 1.58. The van der Waals surface area contributed by atoms with Gasteiger partial charge in [0.2, 0.25) is 11.8 Å². The van der Waals surface area contributed by atoms with Crippen molar-refractivity contribution in [3.63, 3.8) is 0 Å². The van der Waals surface area contributed by atoms with E-state index in [9.17, 15) is 14.4 Å². The van der Waals surface area contributed by atoms with E-state index in [1.54, 1.807) is 36.3 Å². The van der Waals surface area contributed by atoms with Gasteiger partial charge in [0.1, 0.15) is 6.04 Å². The Bertz CT molecular complexity index is 728. The Kier molecular flexibility index (Phi) is 7.50. The minimum Gasteiger partial charge on any atom is -0.383 e. The molecule has 7 nitrogen and oxygen atoms in total. The largest absolute Gasteiger partial charge is 0.383 e. The summed E-state index contributed by atoms with van der Waals surface area (Å²) < 4.78 is 4.98. The zero-order valence-electron chi connectivity index (χ0n) is 16.7. The van der Waals surface area contributed by atoms with Crippen molar-refractivity contribution in [2.45, 2.75) is 31.7 Å². The van der Waals surface area contributed by atoms with Crippen molar-refractivity contribution in [3.8, 4) is 0 Å². The van der Waals surface area contributed by atoms with Crippen LogP contribution in [0.1, 0.15) is 36.0 Å². The number of rotatable bonds is 8. The molecule has 1 aromatic carbocycles. The zero-order valence-corrected chi connectivity index (χ0v) is 17.4. The third-order valence-electron chi connectivity index (χ3n) is 5.52. The van der Waals surface area contributed by atoms with Gasteiger partial charge >= 0.3 is 0 Å². The standard InChI is InChI=1S/C21H28ClN3O4/c1-29-13-10-23-20(27)18(24-19(26)15-2-3-15)14-8-11-25(12-9-14)21(28)16-4-6-17(22)7-5-16/h4-7,14-15,18H,2-3,8-13H2,1H3,(H,23,27)(H,24,26)/t18-/m0/s1. The quantitative estimate of drug-likeness (QED) is 0.627. The van der Waals surface area contributed by atoms with Crippen LogP contribution < -0.4 is 10.6 Å². The van der Waals surface area contributed by atoms with Crippen LogP contribution in [0.2, 0.25) is 5.02 Å². The normalized spacial score (nSPS) is 18.2. The van der Waals surface area contributed by atoms with Crippen LogP contribution in [0.15, 0.2) is 24.3 Å². The maximum atomic E-state index is 12.7. The van der Waals surface area contributed by atoms with Gasteiger partial charge in [0.05, 0.1) is 6.61 Å². The molecule has 8 heteroatoms. The summed E-state index contributed by atoms with van der Waals surface area (Å²) in [6, 6.07) is 6.27. The molecule has 1 aliphatic heterocycles. The first-order valence-electron chi connectivity index (χ1n) is 10.1. The van der Waals surface area contributed by atoms with Crippen molar-refractivity contribution in [2.24, 2.45) is 11.8 Å². The average Bonchev–Trinajstić information content (AvgIpc) is 3.58. The van der Waals surface area contributed by atoms with Crippen LogP contribution in [-0.4, -0.2) is 62.0 Å². The SMILES string of the molecule is COCCNC(=O)[C@@H](NC(=O)C1CC1)C1CCN(C(=O)c2ccc(Cl)cc2)CC1. The molecule has 3 rings (SSSR count). The lowest BCUT2D eigenvalue weighted by molar-refractivity contribution is -0.131. The number of hydrogen-bond donors (Lipinski definition) is 2. The van der Waals surface area contributed by atoms with Gasteiger partial charge in [-0.3, -0.25) is 14.4 Å². The average molecular weight is 422 g/mol. The number of likely N-dealkylation sites (tertiary alicyclic amines) is 1. The van der Waals surface area contributed by atoms with E-state index in [-0.39, 0.29) is 29.6 Å². The summed E-state index contributed by atoms with van der Waals surface area (Å²) in [4.78, 5) is 39.5. The van der Waals surface area contributed by atoms with Crippen molar-refractivity contribution >= 4 is 29.3 Å². The molecule has 1 heterocycles. The lowest BCUT2D eigenvalue weighted by atomic mass is 9.88. The van der Waals surface area contributed by atoms with Crippen molar-refractivity contribution < 1.29 is 19.1 Å². The van der Waals surface area contributed by atoms with Crippen molar-refractivity contribution in [2.75, 3.05) is 33.4 Å². The Balaban J connectivity index is 1.59. The summed E-state index contributed by atoms with van der Waals surface area (Å²) in [5.41, 5.74) is 0.601. The highest BCUT2D eigenvalue weighted by Gasteiger charge is 2.37. The molecule has 158 valence electrons.